The molecule has 3 aliphatic rings. The predicted octanol–water partition coefficient (Wildman–Crippen LogP) is 1.99. The Morgan fingerprint density at radius 3 is 2.91 bits per heavy atom. The molecular weight excluding hydrogens is 278 g/mol. The number of carbonyl (C=O) groups excluding carboxylic acids is 1. The van der Waals surface area contributed by atoms with Crippen LogP contribution < -0.4 is 10.6 Å². The molecule has 0 radical (unpaired) electrons. The van der Waals surface area contributed by atoms with E-state index in [2.05, 4.69) is 25.4 Å². The molecule has 0 saturated heterocycles. The quantitative estimate of drug-likeness (QED) is 0.893. The van der Waals surface area contributed by atoms with E-state index in [4.69, 9.17) is 0 Å². The summed E-state index contributed by atoms with van der Waals surface area (Å²) in [5.74, 6) is 3.73. The van der Waals surface area contributed by atoms with Crippen LogP contribution in [0, 0.1) is 11.8 Å². The van der Waals surface area contributed by atoms with Crippen molar-refractivity contribution in [2.75, 3.05) is 0 Å². The topological polar surface area (TPSA) is 71.8 Å². The van der Waals surface area contributed by atoms with Gasteiger partial charge in [-0.1, -0.05) is 12.8 Å². The Kier molecular flexibility index (Phi) is 3.76. The molecule has 0 spiro atoms. The highest BCUT2D eigenvalue weighted by Crippen LogP contribution is 2.43. The van der Waals surface area contributed by atoms with E-state index in [1.54, 1.807) is 0 Å². The van der Waals surface area contributed by atoms with Crippen molar-refractivity contribution in [3.63, 3.8) is 0 Å². The molecule has 2 atom stereocenters. The molecule has 6 heteroatoms. The molecule has 6 nitrogen and oxygen atoms in total. The summed E-state index contributed by atoms with van der Waals surface area (Å²) >= 11 is 0. The first-order chi connectivity index (χ1) is 10.8. The van der Waals surface area contributed by atoms with Gasteiger partial charge in [0.05, 0.1) is 6.54 Å². The zero-order valence-corrected chi connectivity index (χ0v) is 13.1. The number of carbonyl (C=O) groups is 1. The van der Waals surface area contributed by atoms with E-state index in [-0.39, 0.29) is 6.03 Å². The maximum atomic E-state index is 12.1. The van der Waals surface area contributed by atoms with Crippen molar-refractivity contribution in [3.05, 3.63) is 11.6 Å². The van der Waals surface area contributed by atoms with Gasteiger partial charge in [0.15, 0.2) is 5.82 Å². The average molecular weight is 303 g/mol. The number of nitrogens with one attached hydrogen (secondary N) is 2. The average Bonchev–Trinajstić information content (AvgIpc) is 3.14. The third-order valence-electron chi connectivity index (χ3n) is 5.43. The molecular formula is C16H25N5O. The van der Waals surface area contributed by atoms with Crippen LogP contribution in [0.1, 0.15) is 56.6 Å². The van der Waals surface area contributed by atoms with Crippen molar-refractivity contribution < 1.29 is 4.79 Å². The van der Waals surface area contributed by atoms with Gasteiger partial charge >= 0.3 is 6.03 Å². The summed E-state index contributed by atoms with van der Waals surface area (Å²) in [7, 11) is 0. The summed E-state index contributed by atoms with van der Waals surface area (Å²) in [6, 6.07) is 0.292. The summed E-state index contributed by atoms with van der Waals surface area (Å²) in [6.45, 7) is 1.45. The van der Waals surface area contributed by atoms with E-state index < -0.39 is 0 Å². The first-order valence-electron chi connectivity index (χ1n) is 8.75. The summed E-state index contributed by atoms with van der Waals surface area (Å²) in [6.07, 6.45) is 9.84. The normalized spacial score (nSPS) is 27.5. The van der Waals surface area contributed by atoms with Crippen LogP contribution in [0.3, 0.4) is 0 Å². The lowest BCUT2D eigenvalue weighted by atomic mass is 9.83. The lowest BCUT2D eigenvalue weighted by Gasteiger charge is -2.29. The van der Waals surface area contributed by atoms with Crippen LogP contribution in [-0.4, -0.2) is 26.8 Å². The van der Waals surface area contributed by atoms with Crippen molar-refractivity contribution in [2.45, 2.75) is 70.5 Å². The Morgan fingerprint density at radius 2 is 2.05 bits per heavy atom. The monoisotopic (exact) mass is 303 g/mol. The third kappa shape index (κ3) is 2.96. The van der Waals surface area contributed by atoms with Crippen LogP contribution in [0.2, 0.25) is 0 Å². The minimum atomic E-state index is -0.0585. The van der Waals surface area contributed by atoms with Gasteiger partial charge in [0, 0.05) is 19.0 Å². The molecule has 0 aromatic carbocycles. The van der Waals surface area contributed by atoms with E-state index >= 15 is 0 Å². The second kappa shape index (κ2) is 5.89. The molecule has 1 aromatic heterocycles. The Hall–Kier alpha value is -1.59. The van der Waals surface area contributed by atoms with Gasteiger partial charge < -0.3 is 15.2 Å². The van der Waals surface area contributed by atoms with Crippen LogP contribution >= 0.6 is 0 Å². The summed E-state index contributed by atoms with van der Waals surface area (Å²) in [5.41, 5.74) is 0. The Morgan fingerprint density at radius 1 is 1.14 bits per heavy atom. The molecule has 2 amide bonds. The minimum Gasteiger partial charge on any atom is -0.335 e. The van der Waals surface area contributed by atoms with Gasteiger partial charge in [0.25, 0.3) is 0 Å². The Labute approximate surface area is 131 Å². The molecule has 0 unspecified atom stereocenters. The van der Waals surface area contributed by atoms with Crippen LogP contribution in [-0.2, 0) is 19.5 Å². The second-order valence-corrected chi connectivity index (χ2v) is 7.08. The van der Waals surface area contributed by atoms with E-state index in [0.717, 1.165) is 49.3 Å². The maximum Gasteiger partial charge on any atom is 0.315 e. The fraction of sp³-hybridized carbons (Fsp3) is 0.812. The number of nitrogens with zero attached hydrogens (tertiary/aromatic N) is 3. The number of hydrogen-bond donors (Lipinski definition) is 2. The molecule has 1 aromatic rings. The van der Waals surface area contributed by atoms with Crippen LogP contribution in [0.5, 0.6) is 0 Å². The molecule has 2 heterocycles. The summed E-state index contributed by atoms with van der Waals surface area (Å²) in [5, 5.41) is 14.4. The molecule has 120 valence electrons. The number of rotatable bonds is 4. The van der Waals surface area contributed by atoms with Gasteiger partial charge in [-0.05, 0) is 43.9 Å². The number of fused-ring (bicyclic) bond motifs is 1. The largest absolute Gasteiger partial charge is 0.335 e. The number of aromatic nitrogens is 3. The highest BCUT2D eigenvalue weighted by Gasteiger charge is 2.35. The van der Waals surface area contributed by atoms with Crippen molar-refractivity contribution in [2.24, 2.45) is 11.8 Å². The van der Waals surface area contributed by atoms with Crippen molar-refractivity contribution in [1.82, 2.24) is 25.4 Å². The van der Waals surface area contributed by atoms with E-state index in [1.807, 2.05) is 0 Å². The molecule has 2 N–H and O–H groups in total. The van der Waals surface area contributed by atoms with Gasteiger partial charge in [-0.25, -0.2) is 4.79 Å². The van der Waals surface area contributed by atoms with Gasteiger partial charge in [0.1, 0.15) is 5.82 Å². The predicted molar refractivity (Wildman–Crippen MR) is 82.2 cm³/mol. The molecule has 22 heavy (non-hydrogen) atoms. The number of amides is 2. The smallest absolute Gasteiger partial charge is 0.315 e. The highest BCUT2D eigenvalue weighted by atomic mass is 16.2. The fourth-order valence-electron chi connectivity index (χ4n) is 4.09. The lowest BCUT2D eigenvalue weighted by molar-refractivity contribution is 0.220. The summed E-state index contributed by atoms with van der Waals surface area (Å²) in [4.78, 5) is 12.1. The molecule has 1 aliphatic heterocycles. The van der Waals surface area contributed by atoms with Crippen LogP contribution in [0.15, 0.2) is 0 Å². The first kappa shape index (κ1) is 14.0. The van der Waals surface area contributed by atoms with Crippen molar-refractivity contribution in [1.29, 1.82) is 0 Å². The number of urea groups is 1. The SMILES string of the molecule is O=C(NCc1nnc2n1CCC2)N[C@H]1CCC[C@@H](C2CC2)C1. The maximum absolute atomic E-state index is 12.1. The first-order valence-corrected chi connectivity index (χ1v) is 8.75. The van der Waals surface area contributed by atoms with Gasteiger partial charge in [-0.15, -0.1) is 10.2 Å². The van der Waals surface area contributed by atoms with Crippen molar-refractivity contribution in [3.8, 4) is 0 Å². The number of aryl methyl sites for hydroxylation is 1. The molecule has 2 saturated carbocycles. The third-order valence-corrected chi connectivity index (χ3v) is 5.43. The molecule has 2 aliphatic carbocycles. The zero-order chi connectivity index (χ0) is 14.9. The number of hydrogen-bond acceptors (Lipinski definition) is 3. The molecule has 0 bridgehead atoms. The van der Waals surface area contributed by atoms with Crippen LogP contribution in [0.25, 0.3) is 0 Å². The van der Waals surface area contributed by atoms with Gasteiger partial charge in [0.2, 0.25) is 0 Å². The molecule has 2 fully saturated rings. The fourth-order valence-corrected chi connectivity index (χ4v) is 4.09. The highest BCUT2D eigenvalue weighted by molar-refractivity contribution is 5.74. The van der Waals surface area contributed by atoms with Crippen molar-refractivity contribution >= 4 is 6.03 Å². The Balaban J connectivity index is 1.25. The molecule has 4 rings (SSSR count). The summed E-state index contributed by atoms with van der Waals surface area (Å²) < 4.78 is 2.13. The second-order valence-electron chi connectivity index (χ2n) is 7.08. The van der Waals surface area contributed by atoms with E-state index in [9.17, 15) is 4.79 Å². The van der Waals surface area contributed by atoms with Gasteiger partial charge in [-0.2, -0.15) is 0 Å². The van der Waals surface area contributed by atoms with Crippen LogP contribution in [0.4, 0.5) is 4.79 Å². The lowest BCUT2D eigenvalue weighted by Crippen LogP contribution is -2.44. The minimum absolute atomic E-state index is 0.0585. The van der Waals surface area contributed by atoms with E-state index in [0.29, 0.717) is 12.6 Å². The zero-order valence-electron chi connectivity index (χ0n) is 13.1. The van der Waals surface area contributed by atoms with Gasteiger partial charge in [-0.3, -0.25) is 0 Å². The standard InChI is InChI=1S/C16H25N5O/c22-16(17-10-15-20-19-14-5-2-8-21(14)15)18-13-4-1-3-12(9-13)11-6-7-11/h11-13H,1-10H2,(H2,17,18,22)/t12-,13+/m1/s1. The van der Waals surface area contributed by atoms with E-state index in [1.165, 1.54) is 32.1 Å². The Bertz CT molecular complexity index is 551.